The van der Waals surface area contributed by atoms with Gasteiger partial charge >= 0.3 is 5.97 Å². The fraction of sp³-hybridized carbons (Fsp3) is 0.250. The number of hydrogen-bond donors (Lipinski definition) is 0. The predicted octanol–water partition coefficient (Wildman–Crippen LogP) is 0.304. The molecule has 0 bridgehead atoms. The number of hydrogen-bond acceptors (Lipinski definition) is 2. The minimum atomic E-state index is -0.681. The first-order valence-electron chi connectivity index (χ1n) is 1.72. The van der Waals surface area contributed by atoms with Crippen molar-refractivity contribution in [3.8, 4) is 0 Å². The standard InChI is InChI=1S/C4H6NO2/c1-3(2)4(6)7-5/h5H,1H2,2H3. The van der Waals surface area contributed by atoms with Gasteiger partial charge in [-0.05, 0) is 6.92 Å². The van der Waals surface area contributed by atoms with Crippen LogP contribution in [0.15, 0.2) is 12.2 Å². The SMILES string of the molecule is C=C(C)C(=O)O[NH]. The van der Waals surface area contributed by atoms with E-state index in [4.69, 9.17) is 5.90 Å². The molecule has 0 aliphatic rings. The van der Waals surface area contributed by atoms with E-state index in [2.05, 4.69) is 11.4 Å². The van der Waals surface area contributed by atoms with Crippen molar-refractivity contribution in [1.82, 2.24) is 5.90 Å². The number of carbonyl (C=O) groups excluding carboxylic acids is 1. The molecule has 1 radical (unpaired) electrons. The smallest absolute Gasteiger partial charge is 0.349 e. The molecule has 0 fully saturated rings. The van der Waals surface area contributed by atoms with Crippen molar-refractivity contribution in [3.63, 3.8) is 0 Å². The van der Waals surface area contributed by atoms with Gasteiger partial charge in [0.25, 0.3) is 0 Å². The maximum Gasteiger partial charge on any atom is 0.353 e. The number of nitrogens with one attached hydrogen (secondary N) is 1. The molecule has 0 amide bonds. The van der Waals surface area contributed by atoms with Gasteiger partial charge in [-0.1, -0.05) is 12.5 Å². The predicted molar refractivity (Wildman–Crippen MR) is 24.0 cm³/mol. The van der Waals surface area contributed by atoms with Crippen LogP contribution < -0.4 is 5.90 Å². The Morgan fingerprint density at radius 1 is 1.86 bits per heavy atom. The van der Waals surface area contributed by atoms with E-state index < -0.39 is 5.97 Å². The second kappa shape index (κ2) is 2.36. The first-order valence-corrected chi connectivity index (χ1v) is 1.72. The molecule has 0 aromatic carbocycles. The van der Waals surface area contributed by atoms with Gasteiger partial charge in [0, 0.05) is 5.57 Å². The Bertz CT molecular complexity index is 97.9. The van der Waals surface area contributed by atoms with Crippen LogP contribution in [-0.4, -0.2) is 5.97 Å². The van der Waals surface area contributed by atoms with Crippen LogP contribution in [-0.2, 0) is 9.63 Å². The molecule has 0 saturated heterocycles. The zero-order valence-electron chi connectivity index (χ0n) is 4.02. The molecular weight excluding hydrogens is 94.0 g/mol. The maximum atomic E-state index is 10.0. The van der Waals surface area contributed by atoms with E-state index in [1.807, 2.05) is 0 Å². The summed E-state index contributed by atoms with van der Waals surface area (Å²) >= 11 is 0. The highest BCUT2D eigenvalue weighted by Crippen LogP contribution is 1.86. The first-order chi connectivity index (χ1) is 3.18. The van der Waals surface area contributed by atoms with Crippen molar-refractivity contribution in [2.75, 3.05) is 0 Å². The van der Waals surface area contributed by atoms with E-state index in [-0.39, 0.29) is 5.57 Å². The summed E-state index contributed by atoms with van der Waals surface area (Å²) in [5, 5.41) is 0. The second-order valence-corrected chi connectivity index (χ2v) is 1.17. The molecule has 3 nitrogen and oxygen atoms in total. The van der Waals surface area contributed by atoms with Crippen LogP contribution in [0.2, 0.25) is 0 Å². The van der Waals surface area contributed by atoms with E-state index in [1.54, 1.807) is 0 Å². The van der Waals surface area contributed by atoms with Crippen molar-refractivity contribution < 1.29 is 9.63 Å². The Labute approximate surface area is 41.7 Å². The highest BCUT2D eigenvalue weighted by molar-refractivity contribution is 5.86. The average molecular weight is 100 g/mol. The highest BCUT2D eigenvalue weighted by Gasteiger charge is 1.97. The van der Waals surface area contributed by atoms with Gasteiger partial charge in [0.1, 0.15) is 0 Å². The molecular formula is C4H6NO2. The third kappa shape index (κ3) is 1.94. The molecule has 0 heterocycles. The third-order valence-electron chi connectivity index (χ3n) is 0.441. The normalized spacial score (nSPS) is 7.71. The number of carbonyl (C=O) groups is 1. The minimum absolute atomic E-state index is 0.245. The van der Waals surface area contributed by atoms with Crippen molar-refractivity contribution in [3.05, 3.63) is 12.2 Å². The lowest BCUT2D eigenvalue weighted by Crippen LogP contribution is -2.01. The molecule has 0 aromatic heterocycles. The fourth-order valence-corrected chi connectivity index (χ4v) is 0.0871. The van der Waals surface area contributed by atoms with Crippen molar-refractivity contribution in [1.29, 1.82) is 0 Å². The zero-order valence-corrected chi connectivity index (χ0v) is 4.02. The lowest BCUT2D eigenvalue weighted by molar-refractivity contribution is -0.140. The van der Waals surface area contributed by atoms with Gasteiger partial charge in [-0.2, -0.15) is 0 Å². The summed E-state index contributed by atoms with van der Waals surface area (Å²) in [6.07, 6.45) is 0. The minimum Gasteiger partial charge on any atom is -0.349 e. The molecule has 1 N–H and O–H groups in total. The number of rotatable bonds is 1. The van der Waals surface area contributed by atoms with E-state index in [0.717, 1.165) is 0 Å². The van der Waals surface area contributed by atoms with Crippen LogP contribution in [0.25, 0.3) is 0 Å². The molecule has 3 heteroatoms. The monoisotopic (exact) mass is 100 g/mol. The quantitative estimate of drug-likeness (QED) is 0.351. The van der Waals surface area contributed by atoms with Crippen LogP contribution >= 0.6 is 0 Å². The van der Waals surface area contributed by atoms with Crippen molar-refractivity contribution >= 4 is 5.97 Å². The highest BCUT2D eigenvalue weighted by atomic mass is 16.7. The topological polar surface area (TPSA) is 50.1 Å². The molecule has 0 aromatic rings. The van der Waals surface area contributed by atoms with Gasteiger partial charge in [-0.15, -0.1) is 0 Å². The summed E-state index contributed by atoms with van der Waals surface area (Å²) in [5.74, 6) is 5.35. The molecule has 7 heavy (non-hydrogen) atoms. The summed E-state index contributed by atoms with van der Waals surface area (Å²) in [4.78, 5) is 13.5. The summed E-state index contributed by atoms with van der Waals surface area (Å²) in [6.45, 7) is 4.71. The summed E-state index contributed by atoms with van der Waals surface area (Å²) in [5.41, 5.74) is 0.245. The molecule has 39 valence electrons. The zero-order chi connectivity index (χ0) is 5.86. The third-order valence-corrected chi connectivity index (χ3v) is 0.441. The van der Waals surface area contributed by atoms with Crippen LogP contribution in [0.4, 0.5) is 0 Å². The Kier molecular flexibility index (Phi) is 2.08. The summed E-state index contributed by atoms with van der Waals surface area (Å²) in [6, 6.07) is 0. The fourth-order valence-electron chi connectivity index (χ4n) is 0.0871. The maximum absolute atomic E-state index is 10.0. The van der Waals surface area contributed by atoms with E-state index in [9.17, 15) is 4.79 Å². The largest absolute Gasteiger partial charge is 0.353 e. The molecule has 0 atom stereocenters. The van der Waals surface area contributed by atoms with Gasteiger partial charge in [0.15, 0.2) is 0 Å². The van der Waals surface area contributed by atoms with Crippen LogP contribution in [0.5, 0.6) is 0 Å². The summed E-state index contributed by atoms with van der Waals surface area (Å²) in [7, 11) is 0. The average Bonchev–Trinajstić information content (AvgIpc) is 1.65. The lowest BCUT2D eigenvalue weighted by Gasteiger charge is -1.88. The first kappa shape index (κ1) is 6.17. The lowest BCUT2D eigenvalue weighted by atomic mass is 10.4. The van der Waals surface area contributed by atoms with Gasteiger partial charge in [0.05, 0.1) is 0 Å². The van der Waals surface area contributed by atoms with Crippen molar-refractivity contribution in [2.24, 2.45) is 0 Å². The van der Waals surface area contributed by atoms with Gasteiger partial charge in [-0.25, -0.2) is 4.79 Å². The van der Waals surface area contributed by atoms with E-state index >= 15 is 0 Å². The Hall–Kier alpha value is -0.830. The van der Waals surface area contributed by atoms with Crippen LogP contribution in [0, 0.1) is 0 Å². The van der Waals surface area contributed by atoms with Crippen LogP contribution in [0.3, 0.4) is 0 Å². The Morgan fingerprint density at radius 2 is 2.29 bits per heavy atom. The molecule has 0 unspecified atom stereocenters. The van der Waals surface area contributed by atoms with E-state index in [1.165, 1.54) is 6.92 Å². The molecule has 0 aliphatic heterocycles. The van der Waals surface area contributed by atoms with Crippen molar-refractivity contribution in [2.45, 2.75) is 6.92 Å². The molecule has 0 spiro atoms. The van der Waals surface area contributed by atoms with Gasteiger partial charge in [0.2, 0.25) is 0 Å². The second-order valence-electron chi connectivity index (χ2n) is 1.17. The molecule has 0 aliphatic carbocycles. The van der Waals surface area contributed by atoms with E-state index in [0.29, 0.717) is 0 Å². The van der Waals surface area contributed by atoms with Gasteiger partial charge < -0.3 is 4.84 Å². The molecule has 0 saturated carbocycles. The van der Waals surface area contributed by atoms with Gasteiger partial charge in [-0.3, -0.25) is 0 Å². The molecule has 0 rings (SSSR count). The Balaban J connectivity index is 3.58. The van der Waals surface area contributed by atoms with Crippen LogP contribution in [0.1, 0.15) is 6.92 Å². The summed E-state index contributed by atoms with van der Waals surface area (Å²) < 4.78 is 0. The Morgan fingerprint density at radius 3 is 2.29 bits per heavy atom.